The van der Waals surface area contributed by atoms with Crippen molar-refractivity contribution >= 4 is 19.9 Å². The second-order valence-electron chi connectivity index (χ2n) is 4.06. The molecule has 70 valence electrons. The molecule has 0 saturated carbocycles. The van der Waals surface area contributed by atoms with Crippen LogP contribution in [0, 0.1) is 5.92 Å². The zero-order chi connectivity index (χ0) is 9.07. The van der Waals surface area contributed by atoms with Crippen molar-refractivity contribution in [1.29, 1.82) is 0 Å². The van der Waals surface area contributed by atoms with Crippen molar-refractivity contribution in [2.75, 3.05) is 12.5 Å². The molecule has 0 radical (unpaired) electrons. The van der Waals surface area contributed by atoms with Gasteiger partial charge in [0.15, 0.2) is 0 Å². The summed E-state index contributed by atoms with van der Waals surface area (Å²) in [7, 11) is 5.42. The molecule has 0 aliphatic rings. The van der Waals surface area contributed by atoms with Gasteiger partial charge in [-0.25, -0.2) is 0 Å². The van der Waals surface area contributed by atoms with Gasteiger partial charge in [0, 0.05) is 0 Å². The lowest BCUT2D eigenvalue weighted by atomic mass is 10.1. The topological polar surface area (TPSA) is 0 Å². The maximum Gasteiger partial charge on any atom is -0.00194 e. The van der Waals surface area contributed by atoms with Gasteiger partial charge in [0.1, 0.15) is 0 Å². The van der Waals surface area contributed by atoms with E-state index in [-0.39, 0.29) is 0 Å². The van der Waals surface area contributed by atoms with E-state index >= 15 is 0 Å². The highest BCUT2D eigenvalue weighted by molar-refractivity contribution is 8.50. The number of hydrogen-bond donors (Lipinski definition) is 0. The molecular weight excluding hydrogens is 176 g/mol. The van der Waals surface area contributed by atoms with Crippen LogP contribution in [0.1, 0.15) is 33.6 Å². The quantitative estimate of drug-likeness (QED) is 0.637. The van der Waals surface area contributed by atoms with Gasteiger partial charge in [0.2, 0.25) is 0 Å². The van der Waals surface area contributed by atoms with Gasteiger partial charge in [0.05, 0.1) is 0 Å². The van der Waals surface area contributed by atoms with E-state index in [9.17, 15) is 0 Å². The molecule has 0 aliphatic carbocycles. The van der Waals surface area contributed by atoms with Crippen molar-refractivity contribution in [3.05, 3.63) is 0 Å². The predicted molar refractivity (Wildman–Crippen MR) is 58.8 cm³/mol. The van der Waals surface area contributed by atoms with Crippen LogP contribution >= 0.6 is 19.9 Å². The number of hydrogen-bond acceptors (Lipinski definition) is 0. The van der Waals surface area contributed by atoms with Crippen molar-refractivity contribution in [2.24, 2.45) is 5.92 Å². The Hall–Kier alpha value is 0.640. The molecule has 0 aromatic heterocycles. The van der Waals surface area contributed by atoms with Crippen LogP contribution in [-0.2, 0) is 0 Å². The molecule has 0 amide bonds. The summed E-state index contributed by atoms with van der Waals surface area (Å²) in [4.78, 5) is 0. The molecule has 0 N–H and O–H groups in total. The first-order chi connectivity index (χ1) is 4.84. The molecule has 0 aliphatic heterocycles. The molecule has 11 heavy (non-hydrogen) atoms. The van der Waals surface area contributed by atoms with Gasteiger partial charge in [-0.2, -0.15) is 9.24 Å². The summed E-state index contributed by atoms with van der Waals surface area (Å²) < 4.78 is 0. The maximum atomic E-state index is 6.25. The highest BCUT2D eigenvalue weighted by atomic mass is 35.7. The Labute approximate surface area is 77.5 Å². The first-order valence-corrected chi connectivity index (χ1v) is 7.59. The Kier molecular flexibility index (Phi) is 4.88. The zero-order valence-corrected chi connectivity index (χ0v) is 9.93. The summed E-state index contributed by atoms with van der Waals surface area (Å²) in [6, 6.07) is 0. The molecular formula is C9H21ClS. The summed E-state index contributed by atoms with van der Waals surface area (Å²) in [6.07, 6.45) is 6.95. The standard InChI is InChI=1S/C9H21ClS/c1-8(2)6-7-9(3)11(4,5)10/h8-9H,6-7H2,1-5H3. The van der Waals surface area contributed by atoms with Crippen molar-refractivity contribution in [2.45, 2.75) is 38.9 Å². The predicted octanol–water partition coefficient (Wildman–Crippen LogP) is 4.03. The van der Waals surface area contributed by atoms with E-state index < -0.39 is 9.24 Å². The van der Waals surface area contributed by atoms with E-state index in [4.69, 9.17) is 10.7 Å². The van der Waals surface area contributed by atoms with Crippen molar-refractivity contribution < 1.29 is 0 Å². The lowest BCUT2D eigenvalue weighted by Crippen LogP contribution is -2.08. The Morgan fingerprint density at radius 3 is 1.82 bits per heavy atom. The third kappa shape index (κ3) is 5.86. The summed E-state index contributed by atoms with van der Waals surface area (Å²) in [6.45, 7) is 6.80. The fourth-order valence-corrected chi connectivity index (χ4v) is 1.81. The van der Waals surface area contributed by atoms with E-state index in [1.807, 2.05) is 0 Å². The molecule has 0 bridgehead atoms. The largest absolute Gasteiger partial charge is 0.166 e. The van der Waals surface area contributed by atoms with Crippen LogP contribution in [0.15, 0.2) is 0 Å². The van der Waals surface area contributed by atoms with E-state index in [1.54, 1.807) is 0 Å². The molecule has 0 fully saturated rings. The molecule has 0 rings (SSSR count). The van der Waals surface area contributed by atoms with E-state index in [1.165, 1.54) is 12.8 Å². The molecule has 0 nitrogen and oxygen atoms in total. The average molecular weight is 197 g/mol. The smallest absolute Gasteiger partial charge is 0.00194 e. The van der Waals surface area contributed by atoms with Gasteiger partial charge in [-0.15, -0.1) is 0 Å². The molecule has 0 spiro atoms. The SMILES string of the molecule is CC(C)CCC(C)S(C)(C)Cl. The molecule has 1 unspecified atom stereocenters. The summed E-state index contributed by atoms with van der Waals surface area (Å²) in [5.74, 6) is 0.816. The normalized spacial score (nSPS) is 17.0. The van der Waals surface area contributed by atoms with E-state index in [2.05, 4.69) is 33.3 Å². The average Bonchev–Trinajstić information content (AvgIpc) is 1.80. The van der Waals surface area contributed by atoms with Crippen LogP contribution in [0.5, 0.6) is 0 Å². The molecule has 1 atom stereocenters. The minimum absolute atomic E-state index is 0.701. The Morgan fingerprint density at radius 1 is 1.09 bits per heavy atom. The van der Waals surface area contributed by atoms with Gasteiger partial charge in [0.25, 0.3) is 0 Å². The second-order valence-corrected chi connectivity index (χ2v) is 9.80. The van der Waals surface area contributed by atoms with Crippen LogP contribution in [0.2, 0.25) is 0 Å². The Bertz CT molecular complexity index is 105. The van der Waals surface area contributed by atoms with Gasteiger partial charge in [-0.05, 0) is 36.5 Å². The van der Waals surface area contributed by atoms with Crippen molar-refractivity contribution in [3.8, 4) is 0 Å². The summed E-state index contributed by atoms with van der Waals surface area (Å²) in [5.41, 5.74) is 0. The first kappa shape index (κ1) is 11.6. The van der Waals surface area contributed by atoms with E-state index in [0.717, 1.165) is 5.92 Å². The lowest BCUT2D eigenvalue weighted by molar-refractivity contribution is 0.554. The highest BCUT2D eigenvalue weighted by Crippen LogP contribution is 2.51. The molecule has 0 aromatic carbocycles. The zero-order valence-electron chi connectivity index (χ0n) is 8.36. The summed E-state index contributed by atoms with van der Waals surface area (Å²) >= 11 is 0. The second kappa shape index (κ2) is 4.61. The highest BCUT2D eigenvalue weighted by Gasteiger charge is 2.16. The third-order valence-corrected chi connectivity index (χ3v) is 5.17. The fraction of sp³-hybridized carbons (Fsp3) is 1.00. The monoisotopic (exact) mass is 196 g/mol. The minimum atomic E-state index is -0.826. The molecule has 0 saturated heterocycles. The molecule has 0 aromatic rings. The molecule has 0 heterocycles. The van der Waals surface area contributed by atoms with Gasteiger partial charge < -0.3 is 0 Å². The van der Waals surface area contributed by atoms with E-state index in [0.29, 0.717) is 5.25 Å². The van der Waals surface area contributed by atoms with Crippen LogP contribution in [0.4, 0.5) is 0 Å². The molecule has 2 heteroatoms. The van der Waals surface area contributed by atoms with Gasteiger partial charge in [-0.3, -0.25) is 0 Å². The van der Waals surface area contributed by atoms with Crippen LogP contribution in [0.3, 0.4) is 0 Å². The lowest BCUT2D eigenvalue weighted by Gasteiger charge is -2.30. The van der Waals surface area contributed by atoms with Gasteiger partial charge in [-0.1, -0.05) is 31.5 Å². The van der Waals surface area contributed by atoms with Crippen LogP contribution in [0.25, 0.3) is 0 Å². The van der Waals surface area contributed by atoms with Crippen LogP contribution < -0.4 is 0 Å². The first-order valence-electron chi connectivity index (χ1n) is 4.26. The summed E-state index contributed by atoms with van der Waals surface area (Å²) in [5, 5.41) is 0.701. The fourth-order valence-electron chi connectivity index (χ4n) is 0.848. The minimum Gasteiger partial charge on any atom is -0.166 e. The Balaban J connectivity index is 3.61. The van der Waals surface area contributed by atoms with Crippen molar-refractivity contribution in [1.82, 2.24) is 0 Å². The van der Waals surface area contributed by atoms with Gasteiger partial charge >= 0.3 is 0 Å². The maximum absolute atomic E-state index is 6.25. The Morgan fingerprint density at radius 2 is 1.55 bits per heavy atom. The van der Waals surface area contributed by atoms with Crippen molar-refractivity contribution in [3.63, 3.8) is 0 Å². The third-order valence-electron chi connectivity index (χ3n) is 2.11. The number of halogens is 1. The number of rotatable bonds is 4. The van der Waals surface area contributed by atoms with Crippen LogP contribution in [-0.4, -0.2) is 17.8 Å².